The smallest absolute Gasteiger partial charge is 0.262 e. The molecule has 1 aromatic rings. The van der Waals surface area contributed by atoms with Gasteiger partial charge in [-0.25, -0.2) is 4.89 Å². The van der Waals surface area contributed by atoms with Crippen LogP contribution in [0.3, 0.4) is 0 Å². The second-order valence-corrected chi connectivity index (χ2v) is 17.8. The lowest BCUT2D eigenvalue weighted by atomic mass is 9.47. The van der Waals surface area contributed by atoms with E-state index < -0.39 is 19.7 Å². The van der Waals surface area contributed by atoms with Gasteiger partial charge >= 0.3 is 0 Å². The highest BCUT2D eigenvalue weighted by atomic mass is 28.4. The van der Waals surface area contributed by atoms with Crippen molar-refractivity contribution in [2.24, 2.45) is 23.7 Å². The molecule has 2 heterocycles. The van der Waals surface area contributed by atoms with E-state index >= 15 is 0 Å². The molecule has 4 nitrogen and oxygen atoms in total. The maximum absolute atomic E-state index is 6.88. The third-order valence-corrected chi connectivity index (χ3v) is 14.1. The van der Waals surface area contributed by atoms with Crippen molar-refractivity contribution in [3.63, 3.8) is 0 Å². The van der Waals surface area contributed by atoms with Crippen molar-refractivity contribution in [3.05, 3.63) is 29.3 Å². The van der Waals surface area contributed by atoms with E-state index in [2.05, 4.69) is 65.9 Å². The average Bonchev–Trinajstić information content (AvgIpc) is 2.88. The van der Waals surface area contributed by atoms with Gasteiger partial charge in [-0.05, 0) is 105 Å². The number of hydrogen-bond acceptors (Lipinski definition) is 4. The van der Waals surface area contributed by atoms with Crippen LogP contribution in [0.25, 0.3) is 0 Å². The van der Waals surface area contributed by atoms with Crippen molar-refractivity contribution in [1.29, 1.82) is 0 Å². The Labute approximate surface area is 188 Å². The number of rotatable bonds is 2. The second-order valence-electron chi connectivity index (χ2n) is 13.1. The first-order valence-corrected chi connectivity index (χ1v) is 15.2. The topological polar surface area (TPSA) is 36.9 Å². The summed E-state index contributed by atoms with van der Waals surface area (Å²) in [6.07, 6.45) is 6.47. The molecule has 31 heavy (non-hydrogen) atoms. The molecule has 1 saturated heterocycles. The van der Waals surface area contributed by atoms with E-state index in [1.54, 1.807) is 0 Å². The van der Waals surface area contributed by atoms with Crippen LogP contribution in [0.5, 0.6) is 5.75 Å². The van der Waals surface area contributed by atoms with E-state index in [1.807, 2.05) is 0 Å². The molecule has 1 atom stereocenters. The minimum absolute atomic E-state index is 0.151. The maximum Gasteiger partial charge on any atom is 0.262 e. The van der Waals surface area contributed by atoms with E-state index in [0.29, 0.717) is 11.8 Å². The van der Waals surface area contributed by atoms with Crippen molar-refractivity contribution in [3.8, 4) is 5.75 Å². The molecule has 170 valence electrons. The van der Waals surface area contributed by atoms with Gasteiger partial charge < -0.3 is 9.16 Å². The molecule has 0 N–H and O–H groups in total. The number of ether oxygens (including phenoxy) is 1. The Balaban J connectivity index is 1.44. The van der Waals surface area contributed by atoms with Crippen molar-refractivity contribution in [2.75, 3.05) is 0 Å². The molecule has 6 aliphatic rings. The summed E-state index contributed by atoms with van der Waals surface area (Å²) in [6, 6.07) is 6.56. The fourth-order valence-electron chi connectivity index (χ4n) is 7.42. The fourth-order valence-corrected chi connectivity index (χ4v) is 8.45. The molecule has 2 aliphatic heterocycles. The van der Waals surface area contributed by atoms with Gasteiger partial charge in [0.15, 0.2) is 5.60 Å². The number of fused-ring (bicyclic) bond motifs is 2. The fraction of sp³-hybridized carbons (Fsp3) is 0.769. The molecule has 1 unspecified atom stereocenters. The van der Waals surface area contributed by atoms with E-state index in [-0.39, 0.29) is 10.6 Å². The van der Waals surface area contributed by atoms with Crippen LogP contribution >= 0.6 is 0 Å². The summed E-state index contributed by atoms with van der Waals surface area (Å²) in [6.45, 7) is 15.8. The summed E-state index contributed by atoms with van der Waals surface area (Å²) in [4.78, 5) is 12.3. The minimum Gasteiger partial charge on any atom is -0.543 e. The third kappa shape index (κ3) is 2.52. The van der Waals surface area contributed by atoms with Crippen molar-refractivity contribution in [1.82, 2.24) is 0 Å². The predicted octanol–water partition coefficient (Wildman–Crippen LogP) is 6.65. The first-order valence-electron chi connectivity index (χ1n) is 12.3. The lowest BCUT2D eigenvalue weighted by Crippen LogP contribution is -2.76. The summed E-state index contributed by atoms with van der Waals surface area (Å²) < 4.78 is 13.6. The molecule has 2 spiro atoms. The van der Waals surface area contributed by atoms with Crippen LogP contribution in [0.2, 0.25) is 18.1 Å². The molecule has 7 rings (SSSR count). The standard InChI is InChI=1S/C26H38O4Si/c1-23(2,3)31(6,7)27-20-8-9-21-22(15-20)26(28-24(21,4)5)25(29-30-26)18-11-16-10-17(13-18)14-19(25)12-16/h8-9,15-19H,10-14H2,1-7H3. The van der Waals surface area contributed by atoms with Crippen molar-refractivity contribution >= 4 is 8.32 Å². The molecule has 4 bridgehead atoms. The number of benzene rings is 1. The SMILES string of the molecule is CC1(C)OC2(OOC23C2CC4CC(C2)CC3C4)c2cc(O[Si](C)(C)C(C)(C)C)ccc21. The Kier molecular flexibility index (Phi) is 3.98. The summed E-state index contributed by atoms with van der Waals surface area (Å²) in [7, 11) is -1.94. The van der Waals surface area contributed by atoms with Crippen LogP contribution in [0.1, 0.15) is 77.8 Å². The van der Waals surface area contributed by atoms with E-state index in [0.717, 1.165) is 23.1 Å². The van der Waals surface area contributed by atoms with Gasteiger partial charge in [0.2, 0.25) is 8.32 Å². The second kappa shape index (κ2) is 5.97. The molecule has 1 aromatic carbocycles. The molecular weight excluding hydrogens is 404 g/mol. The predicted molar refractivity (Wildman–Crippen MR) is 122 cm³/mol. The number of hydrogen-bond donors (Lipinski definition) is 0. The largest absolute Gasteiger partial charge is 0.543 e. The van der Waals surface area contributed by atoms with E-state index in [9.17, 15) is 0 Å². The zero-order valence-electron chi connectivity index (χ0n) is 20.2. The Bertz CT molecular complexity index is 902. The van der Waals surface area contributed by atoms with Crippen LogP contribution in [0.15, 0.2) is 18.2 Å². The lowest BCUT2D eigenvalue weighted by molar-refractivity contribution is -0.651. The van der Waals surface area contributed by atoms with E-state index in [4.69, 9.17) is 18.9 Å². The van der Waals surface area contributed by atoms with Gasteiger partial charge in [0.05, 0.1) is 5.60 Å². The van der Waals surface area contributed by atoms with Crippen LogP contribution < -0.4 is 4.43 Å². The average molecular weight is 443 g/mol. The quantitative estimate of drug-likeness (QED) is 0.380. The molecule has 0 amide bonds. The van der Waals surface area contributed by atoms with Crippen LogP contribution in [-0.2, 0) is 25.9 Å². The monoisotopic (exact) mass is 442 g/mol. The highest BCUT2D eigenvalue weighted by Crippen LogP contribution is 2.72. The normalized spacial score (nSPS) is 42.2. The van der Waals surface area contributed by atoms with Gasteiger partial charge in [0.25, 0.3) is 5.79 Å². The summed E-state index contributed by atoms with van der Waals surface area (Å²) in [5.74, 6) is 2.96. The highest BCUT2D eigenvalue weighted by molar-refractivity contribution is 6.74. The van der Waals surface area contributed by atoms with Gasteiger partial charge in [0, 0.05) is 5.56 Å². The minimum atomic E-state index is -1.94. The summed E-state index contributed by atoms with van der Waals surface area (Å²) in [5.41, 5.74) is 1.62. The Morgan fingerprint density at radius 1 is 0.903 bits per heavy atom. The summed E-state index contributed by atoms with van der Waals surface area (Å²) >= 11 is 0. The zero-order valence-corrected chi connectivity index (χ0v) is 21.2. The Morgan fingerprint density at radius 3 is 2.03 bits per heavy atom. The molecule has 5 fully saturated rings. The molecule has 4 saturated carbocycles. The highest BCUT2D eigenvalue weighted by Gasteiger charge is 2.79. The van der Waals surface area contributed by atoms with Gasteiger partial charge in [-0.2, -0.15) is 4.89 Å². The Hall–Kier alpha value is -0.883. The van der Waals surface area contributed by atoms with Gasteiger partial charge in [0.1, 0.15) is 5.75 Å². The Morgan fingerprint density at radius 2 is 1.52 bits per heavy atom. The van der Waals surface area contributed by atoms with Gasteiger partial charge in [-0.15, -0.1) is 0 Å². The molecule has 0 radical (unpaired) electrons. The maximum atomic E-state index is 6.88. The van der Waals surface area contributed by atoms with Gasteiger partial charge in [-0.3, -0.25) is 0 Å². The van der Waals surface area contributed by atoms with Crippen LogP contribution in [0, 0.1) is 23.7 Å². The zero-order chi connectivity index (χ0) is 22.0. The molecule has 4 aliphatic carbocycles. The van der Waals surface area contributed by atoms with Crippen molar-refractivity contribution in [2.45, 2.75) is 102 Å². The van der Waals surface area contributed by atoms with Crippen LogP contribution in [0.4, 0.5) is 0 Å². The molecule has 0 aromatic heterocycles. The van der Waals surface area contributed by atoms with Crippen LogP contribution in [-0.4, -0.2) is 13.9 Å². The first-order chi connectivity index (χ1) is 14.4. The summed E-state index contributed by atoms with van der Waals surface area (Å²) in [5, 5.41) is 0.151. The van der Waals surface area contributed by atoms with Crippen molar-refractivity contribution < 1.29 is 18.9 Å². The third-order valence-electron chi connectivity index (χ3n) is 9.73. The first kappa shape index (κ1) is 20.7. The lowest BCUT2D eigenvalue weighted by Gasteiger charge is -2.68. The van der Waals surface area contributed by atoms with Gasteiger partial charge in [-0.1, -0.05) is 26.8 Å². The molecule has 5 heteroatoms. The van der Waals surface area contributed by atoms with E-state index in [1.165, 1.54) is 37.7 Å². The molecular formula is C26H38O4Si.